The van der Waals surface area contributed by atoms with Crippen molar-refractivity contribution < 1.29 is 19.0 Å². The Labute approximate surface area is 201 Å². The molecule has 0 N–H and O–H groups in total. The third-order valence-electron chi connectivity index (χ3n) is 7.58. The molecular formula is C29H31NO4. The van der Waals surface area contributed by atoms with Crippen LogP contribution in [0.4, 0.5) is 0 Å². The van der Waals surface area contributed by atoms with Crippen LogP contribution in [0.15, 0.2) is 91.0 Å². The smallest absolute Gasteiger partial charge is 0.163 e. The van der Waals surface area contributed by atoms with E-state index < -0.39 is 16.9 Å². The van der Waals surface area contributed by atoms with Gasteiger partial charge in [-0.25, -0.2) is 0 Å². The quantitative estimate of drug-likeness (QED) is 0.492. The van der Waals surface area contributed by atoms with Gasteiger partial charge in [0.1, 0.15) is 29.5 Å². The van der Waals surface area contributed by atoms with Gasteiger partial charge in [-0.3, -0.25) is 4.84 Å². The number of ether oxygens (including phenoxy) is 3. The molecule has 1 saturated carbocycles. The van der Waals surface area contributed by atoms with Gasteiger partial charge in [0.05, 0.1) is 6.61 Å². The lowest BCUT2D eigenvalue weighted by Gasteiger charge is -2.43. The van der Waals surface area contributed by atoms with Crippen molar-refractivity contribution in [1.82, 2.24) is 5.06 Å². The van der Waals surface area contributed by atoms with Crippen LogP contribution in [0.25, 0.3) is 0 Å². The third kappa shape index (κ3) is 3.27. The molecule has 2 aliphatic heterocycles. The third-order valence-corrected chi connectivity index (χ3v) is 7.58. The Morgan fingerprint density at radius 3 is 1.82 bits per heavy atom. The van der Waals surface area contributed by atoms with Crippen LogP contribution < -0.4 is 0 Å². The summed E-state index contributed by atoms with van der Waals surface area (Å²) in [6, 6.07) is 31.4. The number of hydrogen-bond acceptors (Lipinski definition) is 5. The minimum Gasteiger partial charge on any atom is -0.359 e. The molecule has 2 saturated heterocycles. The van der Waals surface area contributed by atoms with E-state index in [9.17, 15) is 0 Å². The van der Waals surface area contributed by atoms with Crippen LogP contribution in [0, 0.1) is 0 Å². The summed E-state index contributed by atoms with van der Waals surface area (Å²) < 4.78 is 19.9. The van der Waals surface area contributed by atoms with E-state index in [-0.39, 0.29) is 18.3 Å². The fourth-order valence-electron chi connectivity index (χ4n) is 6.00. The number of hydrogen-bond donors (Lipinski definition) is 0. The first kappa shape index (κ1) is 22.0. The molecule has 2 heterocycles. The summed E-state index contributed by atoms with van der Waals surface area (Å²) in [5.41, 5.74) is 2.03. The SMILES string of the molecule is CN1O[C@H]2C[C@@]1(COC(c1ccccc1)(c1ccccc1)c1ccccc1)[C@H]1OC(C)(C)O[C@@H]21. The van der Waals surface area contributed by atoms with Crippen LogP contribution in [0.3, 0.4) is 0 Å². The normalized spacial score (nSPS) is 29.9. The van der Waals surface area contributed by atoms with Crippen LogP contribution in [0.2, 0.25) is 0 Å². The van der Waals surface area contributed by atoms with E-state index in [2.05, 4.69) is 72.8 Å². The van der Waals surface area contributed by atoms with E-state index in [1.807, 2.05) is 44.2 Å². The predicted molar refractivity (Wildman–Crippen MR) is 129 cm³/mol. The number of hydroxylamine groups is 2. The van der Waals surface area contributed by atoms with Crippen molar-refractivity contribution >= 4 is 0 Å². The molecule has 0 amide bonds. The van der Waals surface area contributed by atoms with Crippen LogP contribution in [-0.2, 0) is 24.6 Å². The van der Waals surface area contributed by atoms with Crippen molar-refractivity contribution in [2.45, 2.75) is 55.5 Å². The highest BCUT2D eigenvalue weighted by Crippen LogP contribution is 2.53. The van der Waals surface area contributed by atoms with Crippen molar-refractivity contribution in [3.05, 3.63) is 108 Å². The zero-order valence-corrected chi connectivity index (χ0v) is 19.9. The Balaban J connectivity index is 1.46. The van der Waals surface area contributed by atoms with Gasteiger partial charge in [0.25, 0.3) is 0 Å². The molecule has 0 unspecified atom stereocenters. The summed E-state index contributed by atoms with van der Waals surface area (Å²) in [4.78, 5) is 6.20. The summed E-state index contributed by atoms with van der Waals surface area (Å²) in [5.74, 6) is -0.636. The Hall–Kier alpha value is -2.54. The number of fused-ring (bicyclic) bond motifs is 5. The minimum atomic E-state index is -0.787. The maximum atomic E-state index is 7.18. The highest BCUT2D eigenvalue weighted by atomic mass is 16.8. The molecule has 176 valence electrons. The fraction of sp³-hybridized carbons (Fsp3) is 0.379. The second-order valence-corrected chi connectivity index (χ2v) is 10.0. The number of likely N-dealkylation sites (N-methyl/N-ethyl adjacent to an activating group) is 1. The molecule has 34 heavy (non-hydrogen) atoms. The van der Waals surface area contributed by atoms with Crippen molar-refractivity contribution in [1.29, 1.82) is 0 Å². The van der Waals surface area contributed by atoms with E-state index in [1.54, 1.807) is 0 Å². The average Bonchev–Trinajstić information content (AvgIpc) is 3.47. The molecule has 2 bridgehead atoms. The molecule has 0 aromatic heterocycles. The molecule has 3 aromatic rings. The van der Waals surface area contributed by atoms with E-state index in [4.69, 9.17) is 19.0 Å². The van der Waals surface area contributed by atoms with Crippen molar-refractivity contribution in [3.8, 4) is 0 Å². The van der Waals surface area contributed by atoms with Gasteiger partial charge < -0.3 is 14.2 Å². The predicted octanol–water partition coefficient (Wildman–Crippen LogP) is 4.90. The van der Waals surface area contributed by atoms with Crippen LogP contribution >= 0.6 is 0 Å². The van der Waals surface area contributed by atoms with Crippen molar-refractivity contribution in [2.75, 3.05) is 13.7 Å². The molecule has 4 atom stereocenters. The molecule has 5 heteroatoms. The Morgan fingerprint density at radius 1 is 0.824 bits per heavy atom. The van der Waals surface area contributed by atoms with Gasteiger partial charge >= 0.3 is 0 Å². The number of rotatable bonds is 6. The maximum absolute atomic E-state index is 7.18. The molecule has 0 spiro atoms. The first-order valence-corrected chi connectivity index (χ1v) is 12.0. The van der Waals surface area contributed by atoms with Crippen molar-refractivity contribution in [2.24, 2.45) is 0 Å². The molecule has 6 rings (SSSR count). The second kappa shape index (κ2) is 8.01. The Morgan fingerprint density at radius 2 is 1.32 bits per heavy atom. The maximum Gasteiger partial charge on any atom is 0.163 e. The molecule has 3 aliphatic rings. The second-order valence-electron chi connectivity index (χ2n) is 10.0. The summed E-state index contributed by atoms with van der Waals surface area (Å²) in [6.45, 7) is 4.38. The average molecular weight is 458 g/mol. The Kier molecular flexibility index (Phi) is 5.17. The first-order chi connectivity index (χ1) is 16.4. The number of nitrogens with zero attached hydrogens (tertiary/aromatic N) is 1. The zero-order valence-electron chi connectivity index (χ0n) is 19.9. The monoisotopic (exact) mass is 457 g/mol. The Bertz CT molecular complexity index is 1040. The van der Waals surface area contributed by atoms with Gasteiger partial charge in [-0.05, 0) is 30.5 Å². The van der Waals surface area contributed by atoms with Crippen LogP contribution in [0.5, 0.6) is 0 Å². The molecule has 5 nitrogen and oxygen atoms in total. The van der Waals surface area contributed by atoms with Crippen LogP contribution in [-0.4, -0.2) is 48.4 Å². The minimum absolute atomic E-state index is 0.0278. The number of benzene rings is 3. The molecule has 0 radical (unpaired) electrons. The van der Waals surface area contributed by atoms with Gasteiger partial charge in [-0.15, -0.1) is 0 Å². The lowest BCUT2D eigenvalue weighted by Crippen LogP contribution is -2.59. The summed E-state index contributed by atoms with van der Waals surface area (Å²) in [6.07, 6.45) is 0.573. The highest BCUT2D eigenvalue weighted by molar-refractivity contribution is 5.47. The van der Waals surface area contributed by atoms with Crippen molar-refractivity contribution in [3.63, 3.8) is 0 Å². The molecule has 3 aromatic carbocycles. The van der Waals surface area contributed by atoms with E-state index >= 15 is 0 Å². The first-order valence-electron chi connectivity index (χ1n) is 12.0. The van der Waals surface area contributed by atoms with Gasteiger partial charge in [0.15, 0.2) is 5.79 Å². The molecule has 3 fully saturated rings. The zero-order chi connectivity index (χ0) is 23.4. The lowest BCUT2D eigenvalue weighted by molar-refractivity contribution is -0.252. The van der Waals surface area contributed by atoms with Crippen LogP contribution in [0.1, 0.15) is 37.0 Å². The van der Waals surface area contributed by atoms with Gasteiger partial charge in [-0.2, -0.15) is 5.06 Å². The molecular weight excluding hydrogens is 426 g/mol. The van der Waals surface area contributed by atoms with E-state index in [0.29, 0.717) is 6.61 Å². The fourth-order valence-corrected chi connectivity index (χ4v) is 6.00. The van der Waals surface area contributed by atoms with E-state index in [0.717, 1.165) is 23.1 Å². The summed E-state index contributed by atoms with van der Waals surface area (Å²) >= 11 is 0. The molecule has 1 aliphatic carbocycles. The lowest BCUT2D eigenvalue weighted by atomic mass is 9.79. The summed E-state index contributed by atoms with van der Waals surface area (Å²) in [5, 5.41) is 1.95. The largest absolute Gasteiger partial charge is 0.359 e. The standard InChI is InChI=1S/C29H31NO4/c1-27(2)32-25-24-19-28(26(25)33-27,30(3)34-24)20-31-29(21-13-7-4-8-14-21,22-15-9-5-10-16-22)23-17-11-6-12-18-23/h4-18,24-26H,19-20H2,1-3H3/t24-,25-,26-,28+/m0/s1. The van der Waals surface area contributed by atoms with Gasteiger partial charge in [-0.1, -0.05) is 91.0 Å². The highest BCUT2D eigenvalue weighted by Gasteiger charge is 2.69. The van der Waals surface area contributed by atoms with E-state index in [1.165, 1.54) is 0 Å². The topological polar surface area (TPSA) is 40.2 Å². The van der Waals surface area contributed by atoms with Gasteiger partial charge in [0, 0.05) is 13.5 Å². The summed E-state index contributed by atoms with van der Waals surface area (Å²) in [7, 11) is 1.99. The van der Waals surface area contributed by atoms with Gasteiger partial charge in [0.2, 0.25) is 0 Å².